The van der Waals surface area contributed by atoms with Gasteiger partial charge in [0.15, 0.2) is 0 Å². The maximum absolute atomic E-state index is 11.2. The van der Waals surface area contributed by atoms with Crippen LogP contribution in [-0.4, -0.2) is 29.9 Å². The summed E-state index contributed by atoms with van der Waals surface area (Å²) < 4.78 is 0. The van der Waals surface area contributed by atoms with E-state index in [-0.39, 0.29) is 5.91 Å². The number of hydrogen-bond acceptors (Lipinski definition) is 3. The highest BCUT2D eigenvalue weighted by Gasteiger charge is 2.19. The molecule has 0 aliphatic carbocycles. The maximum atomic E-state index is 11.2. The van der Waals surface area contributed by atoms with E-state index in [0.29, 0.717) is 0 Å². The fourth-order valence-electron chi connectivity index (χ4n) is 3.57. The van der Waals surface area contributed by atoms with Crippen LogP contribution in [0, 0.1) is 0 Å². The number of allylic oxidation sites excluding steroid dienone is 2. The molecule has 0 bridgehead atoms. The van der Waals surface area contributed by atoms with E-state index in [1.807, 2.05) is 6.07 Å². The number of rotatable bonds is 6. The molecule has 1 atom stereocenters. The second-order valence-corrected chi connectivity index (χ2v) is 7.04. The van der Waals surface area contributed by atoms with Crippen molar-refractivity contribution in [2.75, 3.05) is 13.1 Å². The number of nitrogens with zero attached hydrogens (tertiary/aromatic N) is 1. The van der Waals surface area contributed by atoms with Gasteiger partial charge in [-0.15, -0.1) is 0 Å². The number of fused-ring (bicyclic) bond motifs is 1. The van der Waals surface area contributed by atoms with Gasteiger partial charge in [0.05, 0.1) is 0 Å². The molecule has 4 nitrogen and oxygen atoms in total. The number of hydrogen-bond donors (Lipinski definition) is 2. The van der Waals surface area contributed by atoms with Crippen LogP contribution >= 0.6 is 0 Å². The minimum absolute atomic E-state index is 0.344. The molecule has 0 spiro atoms. The Labute approximate surface area is 155 Å². The molecule has 1 aliphatic rings. The normalized spacial score (nSPS) is 17.8. The molecule has 136 valence electrons. The highest BCUT2D eigenvalue weighted by molar-refractivity contribution is 5.92. The van der Waals surface area contributed by atoms with Gasteiger partial charge in [-0.25, -0.2) is 5.84 Å². The quantitative estimate of drug-likeness (QED) is 0.276. The van der Waals surface area contributed by atoms with Crippen molar-refractivity contribution >= 4 is 22.3 Å². The molecule has 1 fully saturated rings. The van der Waals surface area contributed by atoms with Gasteiger partial charge >= 0.3 is 0 Å². The van der Waals surface area contributed by atoms with Gasteiger partial charge in [-0.05, 0) is 72.3 Å². The second kappa shape index (κ2) is 8.30. The van der Waals surface area contributed by atoms with Crippen molar-refractivity contribution in [2.24, 2.45) is 5.84 Å². The van der Waals surface area contributed by atoms with Crippen LogP contribution in [0.4, 0.5) is 0 Å². The molecule has 1 saturated heterocycles. The van der Waals surface area contributed by atoms with Crippen molar-refractivity contribution in [2.45, 2.75) is 32.2 Å². The lowest BCUT2D eigenvalue weighted by molar-refractivity contribution is -0.116. The van der Waals surface area contributed by atoms with Crippen LogP contribution in [-0.2, 0) is 11.2 Å². The zero-order chi connectivity index (χ0) is 18.5. The first kappa shape index (κ1) is 18.4. The third kappa shape index (κ3) is 4.40. The van der Waals surface area contributed by atoms with Crippen LogP contribution in [0.25, 0.3) is 16.3 Å². The molecule has 0 aromatic heterocycles. The third-order valence-corrected chi connectivity index (χ3v) is 5.23. The average Bonchev–Trinajstić information content (AvgIpc) is 3.08. The summed E-state index contributed by atoms with van der Waals surface area (Å²) in [5.41, 5.74) is 5.23. The van der Waals surface area contributed by atoms with Crippen molar-refractivity contribution in [1.29, 1.82) is 0 Å². The van der Waals surface area contributed by atoms with E-state index in [0.717, 1.165) is 30.1 Å². The van der Waals surface area contributed by atoms with E-state index in [1.54, 1.807) is 6.08 Å². The van der Waals surface area contributed by atoms with Crippen molar-refractivity contribution in [3.05, 3.63) is 66.3 Å². The predicted molar refractivity (Wildman–Crippen MR) is 108 cm³/mol. The number of likely N-dealkylation sites (tertiary alicyclic amines) is 1. The molecule has 0 radical (unpaired) electrons. The van der Waals surface area contributed by atoms with Gasteiger partial charge in [0.25, 0.3) is 5.91 Å². The second-order valence-electron chi connectivity index (χ2n) is 7.04. The molecule has 4 heteroatoms. The molecule has 3 rings (SSSR count). The summed E-state index contributed by atoms with van der Waals surface area (Å²) in [6, 6.07) is 13.7. The fraction of sp³-hybridized carbons (Fsp3) is 0.318. The summed E-state index contributed by atoms with van der Waals surface area (Å²) in [5, 5.41) is 2.41. The average molecular weight is 349 g/mol. The van der Waals surface area contributed by atoms with E-state index < -0.39 is 0 Å². The van der Waals surface area contributed by atoms with Gasteiger partial charge < -0.3 is 4.90 Å². The van der Waals surface area contributed by atoms with E-state index in [1.165, 1.54) is 41.8 Å². The largest absolute Gasteiger partial charge is 0.300 e. The number of nitrogens with two attached hydrogens (primary N) is 1. The highest BCUT2D eigenvalue weighted by Crippen LogP contribution is 2.23. The first-order chi connectivity index (χ1) is 12.6. The number of carbonyl (C=O) groups excluding carboxylic acids is 1. The Hall–Kier alpha value is -2.43. The van der Waals surface area contributed by atoms with Crippen LogP contribution in [0.1, 0.15) is 30.9 Å². The molecular formula is C22H27N3O. The smallest absolute Gasteiger partial charge is 0.257 e. The lowest BCUT2D eigenvalue weighted by Gasteiger charge is -2.20. The molecule has 2 aromatic rings. The summed E-state index contributed by atoms with van der Waals surface area (Å²) in [4.78, 5) is 13.8. The summed E-state index contributed by atoms with van der Waals surface area (Å²) >= 11 is 0. The summed E-state index contributed by atoms with van der Waals surface area (Å²) in [7, 11) is 0. The first-order valence-electron chi connectivity index (χ1n) is 9.21. The topological polar surface area (TPSA) is 58.4 Å². The Morgan fingerprint density at radius 2 is 2.04 bits per heavy atom. The minimum atomic E-state index is -0.344. The molecule has 1 amide bonds. The SMILES string of the molecule is C=C(/C=C\C(=O)NN)c1ccc2cc(CCN3CCC[C@H]3C)ccc2c1. The van der Waals surface area contributed by atoms with Crippen molar-refractivity contribution < 1.29 is 4.79 Å². The molecular weight excluding hydrogens is 322 g/mol. The van der Waals surface area contributed by atoms with Gasteiger partial charge in [0.1, 0.15) is 0 Å². The van der Waals surface area contributed by atoms with Gasteiger partial charge in [-0.3, -0.25) is 10.2 Å². The van der Waals surface area contributed by atoms with Crippen LogP contribution in [0.5, 0.6) is 0 Å². The van der Waals surface area contributed by atoms with Crippen LogP contribution in [0.2, 0.25) is 0 Å². The predicted octanol–water partition coefficient (Wildman–Crippen LogP) is 3.43. The molecule has 26 heavy (non-hydrogen) atoms. The molecule has 1 aliphatic heterocycles. The first-order valence-corrected chi connectivity index (χ1v) is 9.21. The van der Waals surface area contributed by atoms with Crippen molar-refractivity contribution in [1.82, 2.24) is 10.3 Å². The molecule has 0 saturated carbocycles. The number of nitrogens with one attached hydrogen (secondary N) is 1. The standard InChI is InChI=1S/C22H27N3O/c1-16(5-10-22(26)24-23)19-8-9-20-14-18(6-7-21(20)15-19)11-13-25-12-3-4-17(25)2/h5-10,14-15,17H,1,3-4,11-13,23H2,2H3,(H,24,26)/b10-5-/t17-/m1/s1. The zero-order valence-corrected chi connectivity index (χ0v) is 15.4. The number of amides is 1. The third-order valence-electron chi connectivity index (χ3n) is 5.23. The Morgan fingerprint density at radius 1 is 1.27 bits per heavy atom. The lowest BCUT2D eigenvalue weighted by atomic mass is 9.99. The summed E-state index contributed by atoms with van der Waals surface area (Å²) in [6.45, 7) is 8.72. The Bertz CT molecular complexity index is 840. The fourth-order valence-corrected chi connectivity index (χ4v) is 3.57. The Morgan fingerprint density at radius 3 is 2.77 bits per heavy atom. The Kier molecular flexibility index (Phi) is 5.86. The van der Waals surface area contributed by atoms with Crippen LogP contribution in [0.15, 0.2) is 55.1 Å². The van der Waals surface area contributed by atoms with E-state index in [9.17, 15) is 4.79 Å². The molecule has 3 N–H and O–H groups in total. The monoisotopic (exact) mass is 349 g/mol. The van der Waals surface area contributed by atoms with Crippen molar-refractivity contribution in [3.8, 4) is 0 Å². The number of carbonyl (C=O) groups is 1. The van der Waals surface area contributed by atoms with Crippen molar-refractivity contribution in [3.63, 3.8) is 0 Å². The summed E-state index contributed by atoms with van der Waals surface area (Å²) in [5.74, 6) is 4.73. The molecule has 0 unspecified atom stereocenters. The van der Waals surface area contributed by atoms with Crippen LogP contribution < -0.4 is 11.3 Å². The van der Waals surface area contributed by atoms with E-state index in [2.05, 4.69) is 54.2 Å². The van der Waals surface area contributed by atoms with Gasteiger partial charge in [0.2, 0.25) is 0 Å². The minimum Gasteiger partial charge on any atom is -0.300 e. The lowest BCUT2D eigenvalue weighted by Crippen LogP contribution is -2.28. The van der Waals surface area contributed by atoms with Gasteiger partial charge in [-0.1, -0.05) is 36.9 Å². The van der Waals surface area contributed by atoms with Gasteiger partial charge in [-0.2, -0.15) is 0 Å². The molecule has 1 heterocycles. The zero-order valence-electron chi connectivity index (χ0n) is 15.4. The molecule has 2 aromatic carbocycles. The van der Waals surface area contributed by atoms with Crippen LogP contribution in [0.3, 0.4) is 0 Å². The maximum Gasteiger partial charge on any atom is 0.257 e. The number of benzene rings is 2. The highest BCUT2D eigenvalue weighted by atomic mass is 16.2. The van der Waals surface area contributed by atoms with Gasteiger partial charge in [0, 0.05) is 18.7 Å². The Balaban J connectivity index is 1.70. The number of hydrazine groups is 1. The summed E-state index contributed by atoms with van der Waals surface area (Å²) in [6.07, 6.45) is 6.80. The van der Waals surface area contributed by atoms with E-state index >= 15 is 0 Å². The van der Waals surface area contributed by atoms with E-state index in [4.69, 9.17) is 5.84 Å².